The number of halogens is 2. The van der Waals surface area contributed by atoms with E-state index in [0.717, 1.165) is 0 Å². The molecule has 1 nitrogen and oxygen atoms in total. The van der Waals surface area contributed by atoms with Gasteiger partial charge in [0.15, 0.2) is 4.90 Å². The first-order valence-electron chi connectivity index (χ1n) is 3.41. The van der Waals surface area contributed by atoms with Crippen molar-refractivity contribution >= 4 is 22.8 Å². The van der Waals surface area contributed by atoms with Gasteiger partial charge in [0.1, 0.15) is 5.88 Å². The molecule has 2 unspecified atom stereocenters. The highest BCUT2D eigenvalue weighted by Gasteiger charge is 2.22. The Kier molecular flexibility index (Phi) is 3.85. The largest absolute Gasteiger partial charge is 0.609 e. The quantitative estimate of drug-likeness (QED) is 0.550. The van der Waals surface area contributed by atoms with Crippen molar-refractivity contribution in [2.75, 3.05) is 5.88 Å². The van der Waals surface area contributed by atoms with E-state index in [0.29, 0.717) is 4.90 Å². The van der Waals surface area contributed by atoms with Gasteiger partial charge in [0.25, 0.3) is 5.50 Å². The van der Waals surface area contributed by atoms with Crippen LogP contribution in [-0.4, -0.2) is 15.9 Å². The average molecular weight is 207 g/mol. The average Bonchev–Trinajstić information content (AvgIpc) is 2.17. The lowest BCUT2D eigenvalue weighted by atomic mass is 10.4. The van der Waals surface area contributed by atoms with E-state index in [2.05, 4.69) is 0 Å². The fourth-order valence-electron chi connectivity index (χ4n) is 0.759. The molecule has 0 bridgehead atoms. The number of hydrogen-bond acceptors (Lipinski definition) is 1. The summed E-state index contributed by atoms with van der Waals surface area (Å²) in [5, 5.41) is 0. The van der Waals surface area contributed by atoms with Crippen molar-refractivity contribution in [1.29, 1.82) is 0 Å². The molecule has 4 heteroatoms. The zero-order valence-electron chi connectivity index (χ0n) is 6.24. The molecule has 0 saturated carbocycles. The van der Waals surface area contributed by atoms with Crippen molar-refractivity contribution in [3.05, 3.63) is 30.3 Å². The van der Waals surface area contributed by atoms with Crippen molar-refractivity contribution in [3.63, 3.8) is 0 Å². The van der Waals surface area contributed by atoms with Gasteiger partial charge in [-0.1, -0.05) is 18.2 Å². The zero-order valence-corrected chi connectivity index (χ0v) is 7.82. The summed E-state index contributed by atoms with van der Waals surface area (Å²) in [4.78, 5) is 0.477. The normalized spacial score (nSPS) is 15.6. The van der Waals surface area contributed by atoms with Crippen molar-refractivity contribution < 1.29 is 8.94 Å². The minimum Gasteiger partial charge on any atom is -0.609 e. The third-order valence-electron chi connectivity index (χ3n) is 1.33. The molecular weight excluding hydrogens is 199 g/mol. The topological polar surface area (TPSA) is 23.1 Å². The molecule has 0 radical (unpaired) electrons. The standard InChI is InChI=1S/C8H8ClFOS/c9-6-8(10)12(11)7-4-2-1-3-5-7/h1-5,8H,6H2. The predicted octanol–water partition coefficient (Wildman–Crippen LogP) is 2.33. The van der Waals surface area contributed by atoms with Crippen LogP contribution in [0.25, 0.3) is 0 Å². The van der Waals surface area contributed by atoms with Crippen molar-refractivity contribution in [1.82, 2.24) is 0 Å². The van der Waals surface area contributed by atoms with Gasteiger partial charge in [-0.05, 0) is 12.1 Å². The van der Waals surface area contributed by atoms with Crippen molar-refractivity contribution in [2.24, 2.45) is 0 Å². The molecule has 0 aliphatic heterocycles. The van der Waals surface area contributed by atoms with E-state index in [4.69, 9.17) is 11.6 Å². The van der Waals surface area contributed by atoms with Crippen molar-refractivity contribution in [3.8, 4) is 0 Å². The third kappa shape index (κ3) is 2.37. The van der Waals surface area contributed by atoms with E-state index >= 15 is 0 Å². The highest BCUT2D eigenvalue weighted by molar-refractivity contribution is 7.92. The molecule has 1 rings (SSSR count). The maximum atomic E-state index is 12.8. The fraction of sp³-hybridized carbons (Fsp3) is 0.250. The maximum Gasteiger partial charge on any atom is 0.271 e. The smallest absolute Gasteiger partial charge is 0.271 e. The molecule has 0 saturated heterocycles. The lowest BCUT2D eigenvalue weighted by Gasteiger charge is -2.11. The van der Waals surface area contributed by atoms with Crippen molar-refractivity contribution in [2.45, 2.75) is 10.4 Å². The number of rotatable bonds is 3. The Morgan fingerprint density at radius 2 is 2.00 bits per heavy atom. The summed E-state index contributed by atoms with van der Waals surface area (Å²) >= 11 is 3.60. The van der Waals surface area contributed by atoms with E-state index in [1.165, 1.54) is 0 Å². The molecule has 0 heterocycles. The van der Waals surface area contributed by atoms with Gasteiger partial charge in [0.05, 0.1) is 0 Å². The van der Waals surface area contributed by atoms with Gasteiger partial charge >= 0.3 is 0 Å². The summed E-state index contributed by atoms with van der Waals surface area (Å²) in [6, 6.07) is 8.46. The van der Waals surface area contributed by atoms with Gasteiger partial charge in [0.2, 0.25) is 0 Å². The van der Waals surface area contributed by atoms with Crippen LogP contribution in [0.15, 0.2) is 35.2 Å². The highest BCUT2D eigenvalue weighted by atomic mass is 35.5. The minimum absolute atomic E-state index is 0.235. The summed E-state index contributed by atoms with van der Waals surface area (Å²) < 4.78 is 24.0. The van der Waals surface area contributed by atoms with Crippen LogP contribution in [0.2, 0.25) is 0 Å². The van der Waals surface area contributed by atoms with Crippen LogP contribution in [0.5, 0.6) is 0 Å². The Morgan fingerprint density at radius 1 is 1.42 bits per heavy atom. The van der Waals surface area contributed by atoms with Gasteiger partial charge < -0.3 is 4.55 Å². The molecule has 1 aromatic rings. The Balaban J connectivity index is 2.71. The summed E-state index contributed by atoms with van der Waals surface area (Å²) in [6.07, 6.45) is 0. The summed E-state index contributed by atoms with van der Waals surface area (Å²) in [5.41, 5.74) is -1.48. The van der Waals surface area contributed by atoms with Crippen LogP contribution in [0.1, 0.15) is 0 Å². The predicted molar refractivity (Wildman–Crippen MR) is 48.5 cm³/mol. The number of hydrogen-bond donors (Lipinski definition) is 0. The van der Waals surface area contributed by atoms with E-state index in [1.54, 1.807) is 30.3 Å². The second-order valence-electron chi connectivity index (χ2n) is 2.17. The van der Waals surface area contributed by atoms with E-state index in [1.807, 2.05) is 0 Å². The second-order valence-corrected chi connectivity index (χ2v) is 4.06. The Hall–Kier alpha value is -0.250. The van der Waals surface area contributed by atoms with E-state index in [9.17, 15) is 8.94 Å². The maximum absolute atomic E-state index is 12.8. The second kappa shape index (κ2) is 4.70. The SMILES string of the molecule is [O-][S+](c1ccccc1)C(F)CCl. The molecule has 0 aliphatic carbocycles. The summed E-state index contributed by atoms with van der Waals surface area (Å²) in [5.74, 6) is -0.235. The van der Waals surface area contributed by atoms with Crippen LogP contribution >= 0.6 is 11.6 Å². The Bertz CT molecular complexity index is 232. The van der Waals surface area contributed by atoms with Gasteiger partial charge in [0, 0.05) is 11.2 Å². The third-order valence-corrected chi connectivity index (χ3v) is 3.15. The molecule has 0 aromatic heterocycles. The molecule has 1 aromatic carbocycles. The molecular formula is C8H8ClFOS. The summed E-state index contributed by atoms with van der Waals surface area (Å²) in [7, 11) is 0. The zero-order chi connectivity index (χ0) is 8.97. The first-order chi connectivity index (χ1) is 5.75. The van der Waals surface area contributed by atoms with Crippen LogP contribution in [0.4, 0.5) is 4.39 Å². The molecule has 2 atom stereocenters. The fourth-order valence-corrected chi connectivity index (χ4v) is 1.94. The first kappa shape index (κ1) is 9.84. The monoisotopic (exact) mass is 206 g/mol. The van der Waals surface area contributed by atoms with Gasteiger partial charge in [-0.3, -0.25) is 0 Å². The molecule has 0 fully saturated rings. The minimum atomic E-state index is -1.63. The Labute approximate surface area is 78.7 Å². The van der Waals surface area contributed by atoms with Gasteiger partial charge in [-0.2, -0.15) is 4.39 Å². The van der Waals surface area contributed by atoms with E-state index < -0.39 is 16.7 Å². The van der Waals surface area contributed by atoms with Crippen LogP contribution < -0.4 is 0 Å². The van der Waals surface area contributed by atoms with Crippen LogP contribution in [0.3, 0.4) is 0 Å². The lowest BCUT2D eigenvalue weighted by Crippen LogP contribution is -2.17. The van der Waals surface area contributed by atoms with Crippen LogP contribution in [-0.2, 0) is 11.2 Å². The molecule has 0 N–H and O–H groups in total. The molecule has 66 valence electrons. The molecule has 0 spiro atoms. The molecule has 12 heavy (non-hydrogen) atoms. The van der Waals surface area contributed by atoms with Gasteiger partial charge in [-0.25, -0.2) is 0 Å². The lowest BCUT2D eigenvalue weighted by molar-refractivity contribution is 0.447. The summed E-state index contributed by atoms with van der Waals surface area (Å²) in [6.45, 7) is 0. The molecule has 0 aliphatic rings. The van der Waals surface area contributed by atoms with Crippen LogP contribution in [0, 0.1) is 0 Å². The van der Waals surface area contributed by atoms with E-state index in [-0.39, 0.29) is 5.88 Å². The first-order valence-corrected chi connectivity index (χ1v) is 5.16. The Morgan fingerprint density at radius 3 is 2.50 bits per heavy atom. The van der Waals surface area contributed by atoms with Gasteiger partial charge in [-0.15, -0.1) is 11.6 Å². The number of alkyl halides is 2. The molecule has 0 amide bonds. The number of benzene rings is 1. The highest BCUT2D eigenvalue weighted by Crippen LogP contribution is 2.17.